The number of nitrogens with zero attached hydrogens (tertiary/aromatic N) is 1. The average Bonchev–Trinajstić information content (AvgIpc) is 2.31. The molecule has 1 aromatic heterocycles. The van der Waals surface area contributed by atoms with Crippen LogP contribution in [0.2, 0.25) is 0 Å². The van der Waals surface area contributed by atoms with E-state index in [0.717, 1.165) is 19.4 Å². The molecule has 0 radical (unpaired) electrons. The Morgan fingerprint density at radius 2 is 2.41 bits per heavy atom. The standard InChI is InChI=1S/C11H15BrClN3O/c12-9-10(15-6-16-11(9)17)14-5-7-2-1-3-8(13)4-7/h6-8H,1-5H2,(H2,14,15,16,17). The zero-order valence-corrected chi connectivity index (χ0v) is 11.7. The molecule has 0 amide bonds. The number of halogens is 2. The highest BCUT2D eigenvalue weighted by Gasteiger charge is 2.20. The molecule has 1 aliphatic carbocycles. The van der Waals surface area contributed by atoms with Crippen LogP contribution in [0.3, 0.4) is 0 Å². The Kier molecular flexibility index (Phi) is 4.45. The Balaban J connectivity index is 1.93. The highest BCUT2D eigenvalue weighted by atomic mass is 79.9. The van der Waals surface area contributed by atoms with Gasteiger partial charge in [0, 0.05) is 11.9 Å². The van der Waals surface area contributed by atoms with E-state index in [1.165, 1.54) is 19.2 Å². The van der Waals surface area contributed by atoms with E-state index in [9.17, 15) is 4.79 Å². The van der Waals surface area contributed by atoms with Crippen molar-refractivity contribution in [2.24, 2.45) is 5.92 Å². The average molecular weight is 321 g/mol. The molecule has 1 aromatic rings. The first kappa shape index (κ1) is 12.9. The smallest absolute Gasteiger partial charge is 0.267 e. The summed E-state index contributed by atoms with van der Waals surface area (Å²) in [4.78, 5) is 17.9. The molecule has 1 fully saturated rings. The maximum absolute atomic E-state index is 11.3. The molecular weight excluding hydrogens is 305 g/mol. The van der Waals surface area contributed by atoms with Crippen molar-refractivity contribution in [3.8, 4) is 0 Å². The van der Waals surface area contributed by atoms with Gasteiger partial charge in [-0.25, -0.2) is 4.98 Å². The van der Waals surface area contributed by atoms with Gasteiger partial charge >= 0.3 is 0 Å². The number of rotatable bonds is 3. The highest BCUT2D eigenvalue weighted by molar-refractivity contribution is 9.10. The predicted molar refractivity (Wildman–Crippen MR) is 72.6 cm³/mol. The molecule has 1 heterocycles. The molecule has 2 rings (SSSR count). The quantitative estimate of drug-likeness (QED) is 0.842. The van der Waals surface area contributed by atoms with E-state index in [1.54, 1.807) is 0 Å². The second-order valence-corrected chi connectivity index (χ2v) is 5.82. The second kappa shape index (κ2) is 5.87. The first-order valence-electron chi connectivity index (χ1n) is 5.78. The summed E-state index contributed by atoms with van der Waals surface area (Å²) in [5, 5.41) is 3.50. The van der Waals surface area contributed by atoms with Crippen molar-refractivity contribution in [2.45, 2.75) is 31.1 Å². The fraction of sp³-hybridized carbons (Fsp3) is 0.636. The summed E-state index contributed by atoms with van der Waals surface area (Å²) in [5.41, 5.74) is -0.165. The molecule has 0 aliphatic heterocycles. The van der Waals surface area contributed by atoms with Crippen molar-refractivity contribution in [1.82, 2.24) is 9.97 Å². The molecule has 0 spiro atoms. The molecule has 0 saturated heterocycles. The van der Waals surface area contributed by atoms with Crippen LogP contribution in [-0.4, -0.2) is 21.9 Å². The number of aromatic amines is 1. The summed E-state index contributed by atoms with van der Waals surface area (Å²) in [7, 11) is 0. The van der Waals surface area contributed by atoms with Crippen LogP contribution >= 0.6 is 27.5 Å². The van der Waals surface area contributed by atoms with Crippen molar-refractivity contribution in [1.29, 1.82) is 0 Å². The number of hydrogen-bond donors (Lipinski definition) is 2. The molecule has 0 aromatic carbocycles. The Morgan fingerprint density at radius 1 is 1.59 bits per heavy atom. The molecule has 6 heteroatoms. The first-order valence-corrected chi connectivity index (χ1v) is 7.01. The second-order valence-electron chi connectivity index (χ2n) is 4.41. The van der Waals surface area contributed by atoms with E-state index in [4.69, 9.17) is 11.6 Å². The zero-order valence-electron chi connectivity index (χ0n) is 9.38. The van der Waals surface area contributed by atoms with Crippen LogP contribution in [0.1, 0.15) is 25.7 Å². The topological polar surface area (TPSA) is 57.8 Å². The molecule has 2 N–H and O–H groups in total. The molecule has 4 nitrogen and oxygen atoms in total. The van der Waals surface area contributed by atoms with E-state index in [0.29, 0.717) is 21.6 Å². The van der Waals surface area contributed by atoms with Crippen molar-refractivity contribution in [3.63, 3.8) is 0 Å². The minimum Gasteiger partial charge on any atom is -0.369 e. The van der Waals surface area contributed by atoms with Crippen LogP contribution in [0.4, 0.5) is 5.82 Å². The third-order valence-corrected chi connectivity index (χ3v) is 4.21. The number of H-pyrrole nitrogens is 1. The number of nitrogens with one attached hydrogen (secondary N) is 2. The third-order valence-electron chi connectivity index (χ3n) is 3.07. The first-order chi connectivity index (χ1) is 8.16. The van der Waals surface area contributed by atoms with E-state index < -0.39 is 0 Å². The van der Waals surface area contributed by atoms with Gasteiger partial charge in [-0.1, -0.05) is 6.42 Å². The van der Waals surface area contributed by atoms with Gasteiger partial charge in [0.1, 0.15) is 10.3 Å². The highest BCUT2D eigenvalue weighted by Crippen LogP contribution is 2.28. The SMILES string of the molecule is O=c1[nH]cnc(NCC2CCCC(Cl)C2)c1Br. The van der Waals surface area contributed by atoms with Gasteiger partial charge in [-0.05, 0) is 41.1 Å². The molecule has 2 unspecified atom stereocenters. The molecule has 0 bridgehead atoms. The van der Waals surface area contributed by atoms with E-state index in [2.05, 4.69) is 31.2 Å². The number of aromatic nitrogens is 2. The van der Waals surface area contributed by atoms with E-state index in [-0.39, 0.29) is 5.56 Å². The number of anilines is 1. The van der Waals surface area contributed by atoms with Crippen LogP contribution in [0.5, 0.6) is 0 Å². The summed E-state index contributed by atoms with van der Waals surface area (Å²) in [6, 6.07) is 0. The van der Waals surface area contributed by atoms with Crippen molar-refractivity contribution >= 4 is 33.3 Å². The molecular formula is C11H15BrClN3O. The lowest BCUT2D eigenvalue weighted by molar-refractivity contribution is 0.378. The number of hydrogen-bond acceptors (Lipinski definition) is 3. The van der Waals surface area contributed by atoms with Gasteiger partial charge in [0.2, 0.25) is 0 Å². The van der Waals surface area contributed by atoms with Crippen LogP contribution < -0.4 is 10.9 Å². The fourth-order valence-electron chi connectivity index (χ4n) is 2.16. The van der Waals surface area contributed by atoms with Crippen LogP contribution in [0.25, 0.3) is 0 Å². The van der Waals surface area contributed by atoms with Gasteiger partial charge in [-0.3, -0.25) is 4.79 Å². The summed E-state index contributed by atoms with van der Waals surface area (Å²) in [6.07, 6.45) is 5.93. The predicted octanol–water partition coefficient (Wildman–Crippen LogP) is 2.74. The van der Waals surface area contributed by atoms with Crippen LogP contribution in [0, 0.1) is 5.92 Å². The van der Waals surface area contributed by atoms with Gasteiger partial charge in [-0.15, -0.1) is 11.6 Å². The monoisotopic (exact) mass is 319 g/mol. The zero-order chi connectivity index (χ0) is 12.3. The maximum atomic E-state index is 11.3. The van der Waals surface area contributed by atoms with E-state index >= 15 is 0 Å². The minimum atomic E-state index is -0.165. The Morgan fingerprint density at radius 3 is 3.18 bits per heavy atom. The van der Waals surface area contributed by atoms with Crippen molar-refractivity contribution in [3.05, 3.63) is 21.2 Å². The normalized spacial score (nSPS) is 24.6. The van der Waals surface area contributed by atoms with Crippen LogP contribution in [-0.2, 0) is 0 Å². The largest absolute Gasteiger partial charge is 0.369 e. The molecule has 94 valence electrons. The lowest BCUT2D eigenvalue weighted by Gasteiger charge is -2.25. The summed E-state index contributed by atoms with van der Waals surface area (Å²) < 4.78 is 0.457. The third kappa shape index (κ3) is 3.45. The van der Waals surface area contributed by atoms with Gasteiger partial charge < -0.3 is 10.3 Å². The molecule has 17 heavy (non-hydrogen) atoms. The fourth-order valence-corrected chi connectivity index (χ4v) is 2.92. The molecule has 1 aliphatic rings. The lowest BCUT2D eigenvalue weighted by Crippen LogP contribution is -2.23. The number of alkyl halides is 1. The van der Waals surface area contributed by atoms with Gasteiger partial charge in [0.25, 0.3) is 5.56 Å². The Hall–Kier alpha value is -0.550. The molecule has 1 saturated carbocycles. The summed E-state index contributed by atoms with van der Waals surface area (Å²) in [5.74, 6) is 1.17. The van der Waals surface area contributed by atoms with E-state index in [1.807, 2.05) is 0 Å². The molecule has 2 atom stereocenters. The van der Waals surface area contributed by atoms with Crippen molar-refractivity contribution in [2.75, 3.05) is 11.9 Å². The summed E-state index contributed by atoms with van der Waals surface area (Å²) in [6.45, 7) is 0.818. The Bertz CT molecular complexity index is 437. The van der Waals surface area contributed by atoms with Gasteiger partial charge in [0.05, 0.1) is 6.33 Å². The lowest BCUT2D eigenvalue weighted by atomic mass is 9.89. The Labute approximate surface area is 113 Å². The van der Waals surface area contributed by atoms with Crippen LogP contribution in [0.15, 0.2) is 15.6 Å². The maximum Gasteiger partial charge on any atom is 0.267 e. The van der Waals surface area contributed by atoms with Gasteiger partial charge in [-0.2, -0.15) is 0 Å². The van der Waals surface area contributed by atoms with Crippen molar-refractivity contribution < 1.29 is 0 Å². The van der Waals surface area contributed by atoms with Gasteiger partial charge in [0.15, 0.2) is 0 Å². The minimum absolute atomic E-state index is 0.165. The summed E-state index contributed by atoms with van der Waals surface area (Å²) >= 11 is 9.36.